The van der Waals surface area contributed by atoms with E-state index in [0.29, 0.717) is 18.7 Å². The molecule has 4 rings (SSSR count). The highest BCUT2D eigenvalue weighted by Gasteiger charge is 2.39. The number of rotatable bonds is 3. The van der Waals surface area contributed by atoms with Crippen molar-refractivity contribution in [2.45, 2.75) is 18.4 Å². The maximum absolute atomic E-state index is 13.0. The molecule has 1 saturated heterocycles. The molecule has 0 aliphatic carbocycles. The van der Waals surface area contributed by atoms with Gasteiger partial charge in [0.05, 0.1) is 0 Å². The fraction of sp³-hybridized carbons (Fsp3) is 0.200. The first-order valence-corrected chi connectivity index (χ1v) is 8.36. The van der Waals surface area contributed by atoms with Crippen LogP contribution in [0.5, 0.6) is 0 Å². The molecule has 1 fully saturated rings. The summed E-state index contributed by atoms with van der Waals surface area (Å²) in [6, 6.07) is 18.9. The van der Waals surface area contributed by atoms with Gasteiger partial charge in [0, 0.05) is 23.4 Å². The molecule has 2 heterocycles. The molecule has 0 spiro atoms. The van der Waals surface area contributed by atoms with Gasteiger partial charge in [-0.25, -0.2) is 0 Å². The predicted molar refractivity (Wildman–Crippen MR) is 96.1 cm³/mol. The van der Waals surface area contributed by atoms with Crippen molar-refractivity contribution in [1.82, 2.24) is 9.88 Å². The molecule has 0 radical (unpaired) electrons. The summed E-state index contributed by atoms with van der Waals surface area (Å²) >= 11 is 0. The molecule has 5 nitrogen and oxygen atoms in total. The Bertz CT molecular complexity index is 899. The van der Waals surface area contributed by atoms with Crippen molar-refractivity contribution in [2.24, 2.45) is 5.73 Å². The number of nitrogens with two attached hydrogens (primary N) is 1. The summed E-state index contributed by atoms with van der Waals surface area (Å²) in [5.74, 6) is -0.520. The molecule has 0 saturated carbocycles. The summed E-state index contributed by atoms with van der Waals surface area (Å²) in [6.45, 7) is 0.492. The number of amides is 2. The lowest BCUT2D eigenvalue weighted by Gasteiger charge is -2.21. The Hall–Kier alpha value is -3.08. The molecule has 2 aromatic carbocycles. The second kappa shape index (κ2) is 6.09. The van der Waals surface area contributed by atoms with E-state index < -0.39 is 11.9 Å². The number of aromatic amines is 1. The predicted octanol–water partition coefficient (Wildman–Crippen LogP) is 2.65. The Morgan fingerprint density at radius 3 is 2.48 bits per heavy atom. The van der Waals surface area contributed by atoms with Crippen molar-refractivity contribution in [1.29, 1.82) is 0 Å². The lowest BCUT2D eigenvalue weighted by molar-refractivity contribution is -0.121. The average Bonchev–Trinajstić information content (AvgIpc) is 3.26. The van der Waals surface area contributed by atoms with Gasteiger partial charge in [0.2, 0.25) is 5.91 Å². The molecule has 2 amide bonds. The van der Waals surface area contributed by atoms with Gasteiger partial charge in [-0.2, -0.15) is 0 Å². The third kappa shape index (κ3) is 2.78. The smallest absolute Gasteiger partial charge is 0.271 e. The summed E-state index contributed by atoms with van der Waals surface area (Å²) in [6.07, 6.45) is 0.561. The van der Waals surface area contributed by atoms with Gasteiger partial charge in [-0.1, -0.05) is 48.5 Å². The molecule has 3 aromatic rings. The number of aromatic nitrogens is 1. The Balaban J connectivity index is 1.64. The van der Waals surface area contributed by atoms with E-state index in [0.717, 1.165) is 16.5 Å². The van der Waals surface area contributed by atoms with E-state index in [1.807, 2.05) is 60.7 Å². The van der Waals surface area contributed by atoms with Crippen LogP contribution in [0.25, 0.3) is 10.9 Å². The van der Waals surface area contributed by atoms with Gasteiger partial charge in [0.15, 0.2) is 0 Å². The number of carbonyl (C=O) groups excluding carboxylic acids is 2. The van der Waals surface area contributed by atoms with Crippen LogP contribution >= 0.6 is 0 Å². The van der Waals surface area contributed by atoms with Crippen LogP contribution in [0.2, 0.25) is 0 Å². The number of para-hydroxylation sites is 1. The molecule has 1 aliphatic heterocycles. The second-order valence-electron chi connectivity index (χ2n) is 6.49. The monoisotopic (exact) mass is 333 g/mol. The molecule has 2 unspecified atom stereocenters. The largest absolute Gasteiger partial charge is 0.368 e. The van der Waals surface area contributed by atoms with Crippen molar-refractivity contribution >= 4 is 22.7 Å². The third-order valence-electron chi connectivity index (χ3n) is 4.92. The van der Waals surface area contributed by atoms with Crippen LogP contribution in [-0.2, 0) is 4.79 Å². The molecular weight excluding hydrogens is 314 g/mol. The van der Waals surface area contributed by atoms with E-state index >= 15 is 0 Å². The fourth-order valence-electron chi connectivity index (χ4n) is 3.64. The highest BCUT2D eigenvalue weighted by molar-refractivity contribution is 6.00. The number of nitrogens with zero attached hydrogens (tertiary/aromatic N) is 1. The van der Waals surface area contributed by atoms with Crippen LogP contribution in [-0.4, -0.2) is 34.3 Å². The van der Waals surface area contributed by atoms with Crippen LogP contribution in [0, 0.1) is 0 Å². The van der Waals surface area contributed by atoms with Crippen LogP contribution in [0.3, 0.4) is 0 Å². The fourth-order valence-corrected chi connectivity index (χ4v) is 3.64. The SMILES string of the molecule is NC(=O)C1CC(c2ccccc2)CN1C(=O)c1cc2ccccc2[nH]1. The number of hydrogen-bond acceptors (Lipinski definition) is 2. The number of hydrogen-bond donors (Lipinski definition) is 2. The minimum Gasteiger partial charge on any atom is -0.368 e. The Morgan fingerprint density at radius 1 is 1.04 bits per heavy atom. The first-order valence-electron chi connectivity index (χ1n) is 8.36. The lowest BCUT2D eigenvalue weighted by atomic mass is 9.96. The number of primary amides is 1. The summed E-state index contributed by atoms with van der Waals surface area (Å²) in [5.41, 5.74) is 8.09. The molecule has 1 aromatic heterocycles. The van der Waals surface area contributed by atoms with Gasteiger partial charge in [-0.15, -0.1) is 0 Å². The van der Waals surface area contributed by atoms with E-state index in [1.54, 1.807) is 4.90 Å². The second-order valence-corrected chi connectivity index (χ2v) is 6.49. The molecular formula is C20H19N3O2. The molecule has 1 aliphatic rings. The summed E-state index contributed by atoms with van der Waals surface area (Å²) in [7, 11) is 0. The summed E-state index contributed by atoms with van der Waals surface area (Å²) < 4.78 is 0. The Kier molecular flexibility index (Phi) is 3.76. The normalized spacial score (nSPS) is 20.1. The van der Waals surface area contributed by atoms with Gasteiger partial charge in [-0.05, 0) is 24.1 Å². The minimum atomic E-state index is -0.580. The molecule has 0 bridgehead atoms. The highest BCUT2D eigenvalue weighted by Crippen LogP contribution is 2.32. The van der Waals surface area contributed by atoms with Gasteiger partial charge in [0.25, 0.3) is 5.91 Å². The number of likely N-dealkylation sites (tertiary alicyclic amines) is 1. The quantitative estimate of drug-likeness (QED) is 0.773. The molecule has 25 heavy (non-hydrogen) atoms. The Labute approximate surface area is 145 Å². The molecule has 2 atom stereocenters. The lowest BCUT2D eigenvalue weighted by Crippen LogP contribution is -2.43. The number of H-pyrrole nitrogens is 1. The van der Waals surface area contributed by atoms with Crippen molar-refractivity contribution in [2.75, 3.05) is 6.54 Å². The number of fused-ring (bicyclic) bond motifs is 1. The number of nitrogens with one attached hydrogen (secondary N) is 1. The summed E-state index contributed by atoms with van der Waals surface area (Å²) in [4.78, 5) is 29.7. The highest BCUT2D eigenvalue weighted by atomic mass is 16.2. The minimum absolute atomic E-state index is 0.118. The molecule has 3 N–H and O–H groups in total. The Morgan fingerprint density at radius 2 is 1.76 bits per heavy atom. The standard InChI is InChI=1S/C20H19N3O2/c21-19(24)18-11-15(13-6-2-1-3-7-13)12-23(18)20(25)17-10-14-8-4-5-9-16(14)22-17/h1-10,15,18,22H,11-12H2,(H2,21,24). The van der Waals surface area contributed by atoms with Gasteiger partial charge in [0.1, 0.15) is 11.7 Å². The van der Waals surface area contributed by atoms with E-state index in [9.17, 15) is 9.59 Å². The van der Waals surface area contributed by atoms with Crippen LogP contribution in [0.1, 0.15) is 28.4 Å². The van der Waals surface area contributed by atoms with E-state index in [4.69, 9.17) is 5.73 Å². The maximum Gasteiger partial charge on any atom is 0.271 e. The molecule has 5 heteroatoms. The molecule has 126 valence electrons. The van der Waals surface area contributed by atoms with E-state index in [-0.39, 0.29) is 11.8 Å². The van der Waals surface area contributed by atoms with Crippen LogP contribution < -0.4 is 5.73 Å². The van der Waals surface area contributed by atoms with E-state index in [2.05, 4.69) is 4.98 Å². The maximum atomic E-state index is 13.0. The number of carbonyl (C=O) groups is 2. The third-order valence-corrected chi connectivity index (χ3v) is 4.92. The van der Waals surface area contributed by atoms with Gasteiger partial charge >= 0.3 is 0 Å². The zero-order valence-corrected chi connectivity index (χ0v) is 13.7. The zero-order chi connectivity index (χ0) is 17.4. The van der Waals surface area contributed by atoms with Gasteiger partial charge < -0.3 is 15.6 Å². The van der Waals surface area contributed by atoms with Crippen molar-refractivity contribution in [3.63, 3.8) is 0 Å². The van der Waals surface area contributed by atoms with Gasteiger partial charge in [-0.3, -0.25) is 9.59 Å². The zero-order valence-electron chi connectivity index (χ0n) is 13.7. The summed E-state index contributed by atoms with van der Waals surface area (Å²) in [5, 5.41) is 0.972. The van der Waals surface area contributed by atoms with Crippen LogP contribution in [0.15, 0.2) is 60.7 Å². The first-order chi connectivity index (χ1) is 12.1. The van der Waals surface area contributed by atoms with E-state index in [1.165, 1.54) is 0 Å². The van der Waals surface area contributed by atoms with Crippen molar-refractivity contribution < 1.29 is 9.59 Å². The van der Waals surface area contributed by atoms with Crippen molar-refractivity contribution in [3.8, 4) is 0 Å². The van der Waals surface area contributed by atoms with Crippen LogP contribution in [0.4, 0.5) is 0 Å². The first kappa shape index (κ1) is 15.4. The number of benzene rings is 2. The average molecular weight is 333 g/mol. The topological polar surface area (TPSA) is 79.2 Å². The van der Waals surface area contributed by atoms with Crippen molar-refractivity contribution in [3.05, 3.63) is 71.9 Å².